The van der Waals surface area contributed by atoms with E-state index in [4.69, 9.17) is 5.73 Å². The van der Waals surface area contributed by atoms with E-state index in [1.165, 1.54) is 31.2 Å². The number of hydrogen-bond donors (Lipinski definition) is 6. The quantitative estimate of drug-likeness (QED) is 0.213. The number of hydrogen-bond acceptors (Lipinski definition) is 7. The minimum Gasteiger partial charge on any atom is -0.480 e. The number of nitrogens with zero attached hydrogens (tertiary/aromatic N) is 1. The van der Waals surface area contributed by atoms with Gasteiger partial charge in [-0.15, -0.1) is 0 Å². The van der Waals surface area contributed by atoms with Gasteiger partial charge in [-0.2, -0.15) is 11.8 Å². The number of nitrogens with one attached hydrogen (secondary N) is 4. The summed E-state index contributed by atoms with van der Waals surface area (Å²) >= 11 is 1.47. The third-order valence-electron chi connectivity index (χ3n) is 4.59. The molecule has 4 atom stereocenters. The molecule has 3 amide bonds. The minimum absolute atomic E-state index is 0.0465. The number of carboxylic acid groups (broad SMARTS) is 1. The van der Waals surface area contributed by atoms with Crippen LogP contribution in [0.2, 0.25) is 0 Å². The van der Waals surface area contributed by atoms with Gasteiger partial charge in [0.05, 0.1) is 12.4 Å². The predicted molar refractivity (Wildman–Crippen MR) is 122 cm³/mol. The molecule has 12 heteroatoms. The molecule has 7 N–H and O–H groups in total. The number of amides is 3. The Balaban J connectivity index is 2.98. The van der Waals surface area contributed by atoms with Crippen molar-refractivity contribution in [2.75, 3.05) is 12.0 Å². The first-order valence-electron chi connectivity index (χ1n) is 10.4. The molecule has 0 aliphatic rings. The highest BCUT2D eigenvalue weighted by atomic mass is 32.2. The molecule has 0 saturated carbocycles. The number of H-pyrrole nitrogens is 1. The molecule has 1 heterocycles. The van der Waals surface area contributed by atoms with E-state index in [2.05, 4.69) is 25.9 Å². The van der Waals surface area contributed by atoms with Crippen LogP contribution >= 0.6 is 11.8 Å². The molecule has 11 nitrogen and oxygen atoms in total. The average molecular weight is 471 g/mol. The summed E-state index contributed by atoms with van der Waals surface area (Å²) in [5.74, 6) is -2.20. The lowest BCUT2D eigenvalue weighted by molar-refractivity contribution is -0.142. The summed E-state index contributed by atoms with van der Waals surface area (Å²) in [6, 6.07) is -3.84. The molecule has 32 heavy (non-hydrogen) atoms. The largest absolute Gasteiger partial charge is 0.480 e. The number of aromatic amines is 1. The maximum atomic E-state index is 13.0. The zero-order chi connectivity index (χ0) is 24.3. The van der Waals surface area contributed by atoms with Crippen molar-refractivity contribution in [2.45, 2.75) is 64.2 Å². The van der Waals surface area contributed by atoms with Gasteiger partial charge in [-0.05, 0) is 37.7 Å². The molecule has 0 aliphatic carbocycles. The first-order chi connectivity index (χ1) is 15.0. The zero-order valence-electron chi connectivity index (χ0n) is 18.9. The highest BCUT2D eigenvalue weighted by Crippen LogP contribution is 2.09. The van der Waals surface area contributed by atoms with Gasteiger partial charge in [0.1, 0.15) is 18.1 Å². The summed E-state index contributed by atoms with van der Waals surface area (Å²) in [6.45, 7) is 5.26. The second kappa shape index (κ2) is 13.7. The Bertz CT molecular complexity index is 756. The van der Waals surface area contributed by atoms with Crippen LogP contribution in [0, 0.1) is 5.92 Å². The number of carbonyl (C=O) groups excluding carboxylic acids is 3. The smallest absolute Gasteiger partial charge is 0.326 e. The Labute approximate surface area is 192 Å². The maximum Gasteiger partial charge on any atom is 0.326 e. The summed E-state index contributed by atoms with van der Waals surface area (Å²) in [6.07, 6.45) is 5.50. The Morgan fingerprint density at radius 2 is 1.66 bits per heavy atom. The van der Waals surface area contributed by atoms with Crippen LogP contribution in [0.1, 0.15) is 39.3 Å². The molecular weight excluding hydrogens is 436 g/mol. The lowest BCUT2D eigenvalue weighted by Crippen LogP contribution is -2.57. The van der Waals surface area contributed by atoms with Gasteiger partial charge >= 0.3 is 5.97 Å². The summed E-state index contributed by atoms with van der Waals surface area (Å²) in [5, 5.41) is 17.2. The number of aromatic nitrogens is 2. The predicted octanol–water partition coefficient (Wildman–Crippen LogP) is -0.362. The van der Waals surface area contributed by atoms with Crippen molar-refractivity contribution < 1.29 is 24.3 Å². The number of rotatable bonds is 14. The topological polar surface area (TPSA) is 179 Å². The number of aliphatic carboxylic acids is 1. The van der Waals surface area contributed by atoms with Crippen LogP contribution in [0.3, 0.4) is 0 Å². The lowest BCUT2D eigenvalue weighted by Gasteiger charge is -2.25. The molecule has 0 bridgehead atoms. The van der Waals surface area contributed by atoms with Gasteiger partial charge in [-0.3, -0.25) is 14.4 Å². The fraction of sp³-hybridized carbons (Fsp3) is 0.650. The molecule has 1 aromatic rings. The number of thioether (sulfide) groups is 1. The van der Waals surface area contributed by atoms with Crippen molar-refractivity contribution >= 4 is 35.5 Å². The van der Waals surface area contributed by atoms with E-state index >= 15 is 0 Å². The maximum absolute atomic E-state index is 13.0. The molecule has 4 unspecified atom stereocenters. The van der Waals surface area contributed by atoms with Crippen molar-refractivity contribution in [3.63, 3.8) is 0 Å². The van der Waals surface area contributed by atoms with Crippen LogP contribution in [0.4, 0.5) is 0 Å². The van der Waals surface area contributed by atoms with E-state index < -0.39 is 47.9 Å². The lowest BCUT2D eigenvalue weighted by atomic mass is 10.0. The Morgan fingerprint density at radius 1 is 1.06 bits per heavy atom. The first-order valence-corrected chi connectivity index (χ1v) is 11.8. The Kier molecular flexibility index (Phi) is 11.8. The van der Waals surface area contributed by atoms with E-state index in [-0.39, 0.29) is 18.8 Å². The van der Waals surface area contributed by atoms with E-state index in [0.717, 1.165) is 0 Å². The van der Waals surface area contributed by atoms with Crippen LogP contribution < -0.4 is 21.7 Å². The van der Waals surface area contributed by atoms with Crippen molar-refractivity contribution in [3.05, 3.63) is 18.2 Å². The molecule has 0 aliphatic heterocycles. The first kappa shape index (κ1) is 27.4. The number of carboxylic acids is 1. The molecular formula is C20H34N6O5S. The van der Waals surface area contributed by atoms with Crippen molar-refractivity contribution in [3.8, 4) is 0 Å². The van der Waals surface area contributed by atoms with E-state index in [1.54, 1.807) is 0 Å². The van der Waals surface area contributed by atoms with Crippen molar-refractivity contribution in [1.82, 2.24) is 25.9 Å². The highest BCUT2D eigenvalue weighted by Gasteiger charge is 2.30. The zero-order valence-corrected chi connectivity index (χ0v) is 19.7. The molecule has 0 fully saturated rings. The Morgan fingerprint density at radius 3 is 2.16 bits per heavy atom. The molecule has 0 spiro atoms. The van der Waals surface area contributed by atoms with E-state index in [1.807, 2.05) is 20.1 Å². The molecule has 1 rings (SSSR count). The number of nitrogens with two attached hydrogens (primary N) is 1. The normalized spacial score (nSPS) is 14.8. The van der Waals surface area contributed by atoms with Gasteiger partial charge in [0.2, 0.25) is 17.7 Å². The molecule has 180 valence electrons. The second-order valence-corrected chi connectivity index (χ2v) is 8.99. The van der Waals surface area contributed by atoms with E-state index in [9.17, 15) is 24.3 Å². The molecule has 0 aromatic carbocycles. The second-order valence-electron chi connectivity index (χ2n) is 8.00. The van der Waals surface area contributed by atoms with Crippen LogP contribution in [0.15, 0.2) is 12.5 Å². The minimum atomic E-state index is -1.14. The van der Waals surface area contributed by atoms with Crippen LogP contribution in [-0.4, -0.2) is 74.9 Å². The molecule has 0 saturated heterocycles. The average Bonchev–Trinajstić information content (AvgIpc) is 3.22. The summed E-state index contributed by atoms with van der Waals surface area (Å²) in [4.78, 5) is 56.2. The number of carbonyl (C=O) groups is 4. The number of imidazole rings is 1. The van der Waals surface area contributed by atoms with Crippen molar-refractivity contribution in [2.24, 2.45) is 11.7 Å². The van der Waals surface area contributed by atoms with Crippen LogP contribution in [-0.2, 0) is 25.6 Å². The van der Waals surface area contributed by atoms with Crippen LogP contribution in [0.25, 0.3) is 0 Å². The van der Waals surface area contributed by atoms with Gasteiger partial charge in [-0.1, -0.05) is 13.8 Å². The van der Waals surface area contributed by atoms with Gasteiger partial charge in [0, 0.05) is 18.3 Å². The third-order valence-corrected chi connectivity index (χ3v) is 5.23. The summed E-state index contributed by atoms with van der Waals surface area (Å²) < 4.78 is 0. The van der Waals surface area contributed by atoms with Gasteiger partial charge in [-0.25, -0.2) is 9.78 Å². The standard InChI is InChI=1S/C20H34N6O5S/c1-11(2)7-15(18(28)24-14(20(30)31)5-6-32-4)26-19(29)16(25-17(27)12(3)21)8-13-9-22-10-23-13/h9-12,14-16H,5-8,21H2,1-4H3,(H,22,23)(H,24,28)(H,25,27)(H,26,29)(H,30,31). The van der Waals surface area contributed by atoms with Gasteiger partial charge in [0.15, 0.2) is 0 Å². The molecule has 1 aromatic heterocycles. The van der Waals surface area contributed by atoms with Gasteiger partial charge in [0.25, 0.3) is 0 Å². The summed E-state index contributed by atoms with van der Waals surface area (Å²) in [7, 11) is 0. The fourth-order valence-electron chi connectivity index (χ4n) is 2.87. The Hall–Kier alpha value is -2.60. The SMILES string of the molecule is CSCCC(NC(=O)C(CC(C)C)NC(=O)C(Cc1cnc[nH]1)NC(=O)C(C)N)C(=O)O. The monoisotopic (exact) mass is 470 g/mol. The van der Waals surface area contributed by atoms with Crippen LogP contribution in [0.5, 0.6) is 0 Å². The fourth-order valence-corrected chi connectivity index (χ4v) is 3.34. The third kappa shape index (κ3) is 9.69. The van der Waals surface area contributed by atoms with Crippen molar-refractivity contribution in [1.29, 1.82) is 0 Å². The summed E-state index contributed by atoms with van der Waals surface area (Å²) in [5.41, 5.74) is 6.22. The van der Waals surface area contributed by atoms with E-state index in [0.29, 0.717) is 17.9 Å². The van der Waals surface area contributed by atoms with Gasteiger partial charge < -0.3 is 31.8 Å². The molecule has 0 radical (unpaired) electrons. The highest BCUT2D eigenvalue weighted by molar-refractivity contribution is 7.98.